The molecule has 0 atom stereocenters. The molecule has 0 unspecified atom stereocenters. The molecule has 19 heavy (non-hydrogen) atoms. The fourth-order valence-corrected chi connectivity index (χ4v) is 2.06. The maximum atomic E-state index is 8.59. The number of pyridine rings is 1. The molecule has 0 bridgehead atoms. The maximum Gasteiger partial charge on any atom is 0.143 e. The summed E-state index contributed by atoms with van der Waals surface area (Å²) in [6.07, 6.45) is 2.22. The van der Waals surface area contributed by atoms with Gasteiger partial charge in [0.25, 0.3) is 0 Å². The lowest BCUT2D eigenvalue weighted by Gasteiger charge is -2.24. The zero-order valence-electron chi connectivity index (χ0n) is 11.1. The maximum absolute atomic E-state index is 8.59. The molecule has 1 heterocycles. The van der Waals surface area contributed by atoms with Crippen molar-refractivity contribution in [2.75, 3.05) is 31.7 Å². The minimum atomic E-state index is 0.200. The van der Waals surface area contributed by atoms with Gasteiger partial charge in [0.05, 0.1) is 11.1 Å². The van der Waals surface area contributed by atoms with Crippen molar-refractivity contribution in [1.29, 1.82) is 0 Å². The summed E-state index contributed by atoms with van der Waals surface area (Å²) in [5.41, 5.74) is 6.61. The van der Waals surface area contributed by atoms with Gasteiger partial charge in [0.15, 0.2) is 0 Å². The Morgan fingerprint density at radius 3 is 2.95 bits per heavy atom. The Bertz CT molecular complexity index is 440. The van der Waals surface area contributed by atoms with Crippen LogP contribution in [0, 0.1) is 6.92 Å². The summed E-state index contributed by atoms with van der Waals surface area (Å²) in [5.74, 6) is 1.04. The van der Waals surface area contributed by atoms with Crippen molar-refractivity contribution in [2.24, 2.45) is 10.9 Å². The third-order valence-electron chi connectivity index (χ3n) is 2.70. The zero-order valence-corrected chi connectivity index (χ0v) is 12.7. The summed E-state index contributed by atoms with van der Waals surface area (Å²) in [4.78, 5) is 6.42. The number of ether oxygens (including phenoxy) is 1. The Labute approximate surface area is 121 Å². The number of nitrogens with two attached hydrogens (primary N) is 1. The fraction of sp³-hybridized carbons (Fsp3) is 0.500. The molecule has 0 spiro atoms. The first-order chi connectivity index (χ1) is 9.10. The zero-order chi connectivity index (χ0) is 14.3. The topological polar surface area (TPSA) is 84.0 Å². The molecule has 0 saturated carbocycles. The Morgan fingerprint density at radius 2 is 2.32 bits per heavy atom. The van der Waals surface area contributed by atoms with Gasteiger partial charge in [-0.05, 0) is 34.5 Å². The summed E-state index contributed by atoms with van der Waals surface area (Å²) >= 11 is 3.54. The van der Waals surface area contributed by atoms with E-state index in [-0.39, 0.29) is 5.84 Å². The second-order valence-corrected chi connectivity index (χ2v) is 4.88. The van der Waals surface area contributed by atoms with Crippen LogP contribution in [-0.2, 0) is 4.74 Å². The van der Waals surface area contributed by atoms with Crippen LogP contribution in [0.2, 0.25) is 0 Å². The number of nitrogens with zero attached hydrogens (tertiary/aromatic N) is 3. The van der Waals surface area contributed by atoms with E-state index in [0.29, 0.717) is 26.1 Å². The molecular weight excluding hydrogens is 312 g/mol. The van der Waals surface area contributed by atoms with Gasteiger partial charge in [-0.25, -0.2) is 4.98 Å². The molecule has 106 valence electrons. The van der Waals surface area contributed by atoms with E-state index in [2.05, 4.69) is 26.1 Å². The van der Waals surface area contributed by atoms with Crippen molar-refractivity contribution in [3.8, 4) is 0 Å². The molecule has 3 N–H and O–H groups in total. The third kappa shape index (κ3) is 4.68. The van der Waals surface area contributed by atoms with Crippen LogP contribution in [0.1, 0.15) is 12.0 Å². The van der Waals surface area contributed by atoms with Crippen LogP contribution in [-0.4, -0.2) is 42.8 Å². The minimum absolute atomic E-state index is 0.200. The lowest BCUT2D eigenvalue weighted by molar-refractivity contribution is 0.205. The van der Waals surface area contributed by atoms with Gasteiger partial charge in [0.1, 0.15) is 11.7 Å². The van der Waals surface area contributed by atoms with E-state index < -0.39 is 0 Å². The van der Waals surface area contributed by atoms with Gasteiger partial charge in [-0.2, -0.15) is 0 Å². The SMILES string of the molecule is COCCN(CC/C(N)=N/O)c1nccc(C)c1Br. The van der Waals surface area contributed by atoms with Crippen molar-refractivity contribution in [3.05, 3.63) is 22.3 Å². The molecule has 1 aromatic heterocycles. The molecule has 7 heteroatoms. The van der Waals surface area contributed by atoms with Gasteiger partial charge in [0, 0.05) is 32.8 Å². The monoisotopic (exact) mass is 330 g/mol. The van der Waals surface area contributed by atoms with Crippen LogP contribution in [0.15, 0.2) is 21.9 Å². The van der Waals surface area contributed by atoms with Crippen LogP contribution in [0.3, 0.4) is 0 Å². The third-order valence-corrected chi connectivity index (χ3v) is 3.68. The fourth-order valence-electron chi connectivity index (χ4n) is 1.57. The smallest absolute Gasteiger partial charge is 0.143 e. The van der Waals surface area contributed by atoms with Gasteiger partial charge in [-0.3, -0.25) is 0 Å². The van der Waals surface area contributed by atoms with Gasteiger partial charge >= 0.3 is 0 Å². The van der Waals surface area contributed by atoms with Crippen LogP contribution >= 0.6 is 15.9 Å². The minimum Gasteiger partial charge on any atom is -0.409 e. The van der Waals surface area contributed by atoms with Gasteiger partial charge in [-0.15, -0.1) is 0 Å². The van der Waals surface area contributed by atoms with Crippen LogP contribution in [0.5, 0.6) is 0 Å². The molecule has 1 aromatic rings. The number of hydrogen-bond acceptors (Lipinski definition) is 5. The Balaban J connectivity index is 2.86. The summed E-state index contributed by atoms with van der Waals surface area (Å²) in [6.45, 7) is 3.88. The van der Waals surface area contributed by atoms with Crippen molar-refractivity contribution in [1.82, 2.24) is 4.98 Å². The molecule has 0 amide bonds. The van der Waals surface area contributed by atoms with Crippen molar-refractivity contribution < 1.29 is 9.94 Å². The highest BCUT2D eigenvalue weighted by molar-refractivity contribution is 9.10. The number of hydrogen-bond donors (Lipinski definition) is 2. The van der Waals surface area contributed by atoms with E-state index in [4.69, 9.17) is 15.7 Å². The number of anilines is 1. The number of methoxy groups -OCH3 is 1. The molecule has 0 radical (unpaired) electrons. The molecule has 0 aliphatic heterocycles. The van der Waals surface area contributed by atoms with Gasteiger partial charge in [-0.1, -0.05) is 5.16 Å². The Hall–Kier alpha value is -1.34. The standard InChI is InChI=1S/C12H19BrN4O2/c1-9-3-5-15-12(11(9)13)17(7-8-19-2)6-4-10(14)16-18/h3,5,18H,4,6-8H2,1-2H3,(H2,14,16). The lowest BCUT2D eigenvalue weighted by atomic mass is 10.2. The second kappa shape index (κ2) is 7.96. The predicted molar refractivity (Wildman–Crippen MR) is 78.8 cm³/mol. The van der Waals surface area contributed by atoms with E-state index in [9.17, 15) is 0 Å². The first-order valence-corrected chi connectivity index (χ1v) is 6.70. The lowest BCUT2D eigenvalue weighted by Crippen LogP contribution is -2.32. The van der Waals surface area contributed by atoms with Gasteiger partial charge < -0.3 is 20.6 Å². The van der Waals surface area contributed by atoms with Crippen molar-refractivity contribution in [2.45, 2.75) is 13.3 Å². The summed E-state index contributed by atoms with van der Waals surface area (Å²) in [6, 6.07) is 1.94. The molecule has 0 fully saturated rings. The average Bonchev–Trinajstić information content (AvgIpc) is 2.42. The first-order valence-electron chi connectivity index (χ1n) is 5.91. The van der Waals surface area contributed by atoms with Crippen LogP contribution < -0.4 is 10.6 Å². The summed E-state index contributed by atoms with van der Waals surface area (Å²) in [5, 5.41) is 11.6. The first kappa shape index (κ1) is 15.7. The molecular formula is C12H19BrN4O2. The normalized spacial score (nSPS) is 11.6. The van der Waals surface area contributed by atoms with E-state index in [1.165, 1.54) is 0 Å². The van der Waals surface area contributed by atoms with E-state index in [0.717, 1.165) is 15.9 Å². The number of aryl methyl sites for hydroxylation is 1. The number of amidine groups is 1. The van der Waals surface area contributed by atoms with E-state index in [1.807, 2.05) is 17.9 Å². The predicted octanol–water partition coefficient (Wildman–Crippen LogP) is 1.74. The van der Waals surface area contributed by atoms with E-state index >= 15 is 0 Å². The summed E-state index contributed by atoms with van der Waals surface area (Å²) < 4.78 is 6.05. The highest BCUT2D eigenvalue weighted by Crippen LogP contribution is 2.26. The number of aromatic nitrogens is 1. The number of rotatable bonds is 7. The molecule has 6 nitrogen and oxygen atoms in total. The number of halogens is 1. The van der Waals surface area contributed by atoms with Gasteiger partial charge in [0.2, 0.25) is 0 Å². The Morgan fingerprint density at radius 1 is 1.58 bits per heavy atom. The van der Waals surface area contributed by atoms with Crippen molar-refractivity contribution in [3.63, 3.8) is 0 Å². The molecule has 0 aliphatic carbocycles. The molecule has 0 aromatic carbocycles. The highest BCUT2D eigenvalue weighted by atomic mass is 79.9. The number of oxime groups is 1. The summed E-state index contributed by atoms with van der Waals surface area (Å²) in [7, 11) is 1.65. The van der Waals surface area contributed by atoms with E-state index in [1.54, 1.807) is 13.3 Å². The van der Waals surface area contributed by atoms with Crippen LogP contribution in [0.4, 0.5) is 5.82 Å². The molecule has 1 rings (SSSR count). The van der Waals surface area contributed by atoms with Crippen LogP contribution in [0.25, 0.3) is 0 Å². The quantitative estimate of drug-likeness (QED) is 0.344. The Kier molecular flexibility index (Phi) is 6.58. The molecule has 0 aliphatic rings. The molecule has 0 saturated heterocycles. The highest BCUT2D eigenvalue weighted by Gasteiger charge is 2.13. The largest absolute Gasteiger partial charge is 0.409 e. The van der Waals surface area contributed by atoms with Crippen molar-refractivity contribution >= 4 is 27.6 Å². The average molecular weight is 331 g/mol. The second-order valence-electron chi connectivity index (χ2n) is 4.09.